The minimum Gasteiger partial charge on any atom is -0.491 e. The lowest BCUT2D eigenvalue weighted by Gasteiger charge is -2.05. The van der Waals surface area contributed by atoms with Crippen molar-refractivity contribution in [3.05, 3.63) is 32.0 Å². The minimum absolute atomic E-state index is 0.498. The molecule has 5 heteroatoms. The zero-order valence-corrected chi connectivity index (χ0v) is 11.3. The first kappa shape index (κ1) is 10.6. The van der Waals surface area contributed by atoms with Crippen LogP contribution < -0.4 is 4.74 Å². The summed E-state index contributed by atoms with van der Waals surface area (Å²) in [5.74, 6) is 0.813. The highest BCUT2D eigenvalue weighted by Gasteiger charge is 2.19. The molecule has 0 saturated carbocycles. The topological polar surface area (TPSA) is 22.1 Å². The molecule has 0 saturated heterocycles. The molecule has 2 aromatic heterocycles. The molecule has 0 N–H and O–H groups in total. The van der Waals surface area contributed by atoms with Gasteiger partial charge < -0.3 is 4.74 Å². The molecule has 0 fully saturated rings. The first-order chi connectivity index (χ1) is 7.74. The Bertz CT molecular complexity index is 555. The second kappa shape index (κ2) is 4.02. The van der Waals surface area contributed by atoms with Gasteiger partial charge in [0.25, 0.3) is 0 Å². The van der Waals surface area contributed by atoms with Crippen molar-refractivity contribution in [1.29, 1.82) is 0 Å². The molecule has 82 valence electrons. The molecule has 0 radical (unpaired) electrons. The van der Waals surface area contributed by atoms with Crippen molar-refractivity contribution < 1.29 is 4.74 Å². The second-order valence-corrected chi connectivity index (χ2v) is 6.37. The van der Waals surface area contributed by atoms with Crippen LogP contribution in [0.4, 0.5) is 0 Å². The van der Waals surface area contributed by atoms with E-state index in [-0.39, 0.29) is 0 Å². The molecule has 0 atom stereocenters. The van der Waals surface area contributed by atoms with Crippen molar-refractivity contribution in [2.45, 2.75) is 6.42 Å². The average Bonchev–Trinajstić information content (AvgIpc) is 2.54. The molecule has 2 aromatic rings. The molecular weight excluding hydrogens is 310 g/mol. The fraction of sp³-hybridized carbons (Fsp3) is 0.182. The van der Waals surface area contributed by atoms with Crippen LogP contribution in [0.5, 0.6) is 5.75 Å². The highest BCUT2D eigenvalue weighted by molar-refractivity contribution is 9.11. The van der Waals surface area contributed by atoms with E-state index in [1.807, 2.05) is 6.07 Å². The van der Waals surface area contributed by atoms with Crippen LogP contribution in [0.1, 0.15) is 4.88 Å². The Labute approximate surface area is 110 Å². The van der Waals surface area contributed by atoms with E-state index in [2.05, 4.69) is 27.0 Å². The summed E-state index contributed by atoms with van der Waals surface area (Å²) >= 11 is 11.2. The van der Waals surface area contributed by atoms with Crippen molar-refractivity contribution in [3.8, 4) is 17.0 Å². The van der Waals surface area contributed by atoms with E-state index < -0.39 is 0 Å². The molecule has 0 aromatic carbocycles. The number of hydrogen-bond acceptors (Lipinski definition) is 3. The van der Waals surface area contributed by atoms with Gasteiger partial charge >= 0.3 is 0 Å². The Morgan fingerprint density at radius 2 is 2.31 bits per heavy atom. The van der Waals surface area contributed by atoms with Gasteiger partial charge in [-0.2, -0.15) is 0 Å². The number of hydrogen-bond donors (Lipinski definition) is 0. The Hall–Kier alpha value is -0.580. The molecule has 0 unspecified atom stereocenters. The van der Waals surface area contributed by atoms with E-state index in [1.165, 1.54) is 4.88 Å². The fourth-order valence-corrected chi connectivity index (χ4v) is 3.59. The average molecular weight is 317 g/mol. The van der Waals surface area contributed by atoms with Crippen LogP contribution in [0, 0.1) is 0 Å². The summed E-state index contributed by atoms with van der Waals surface area (Å²) in [6.45, 7) is 0.691. The quantitative estimate of drug-likeness (QED) is 0.681. The van der Waals surface area contributed by atoms with E-state index in [0.717, 1.165) is 27.2 Å². The molecule has 3 heterocycles. The number of thiophene rings is 1. The van der Waals surface area contributed by atoms with Crippen LogP contribution >= 0.6 is 38.9 Å². The smallest absolute Gasteiger partial charge is 0.145 e. The first-order valence-electron chi connectivity index (χ1n) is 4.82. The van der Waals surface area contributed by atoms with E-state index in [4.69, 9.17) is 16.3 Å². The highest BCUT2D eigenvalue weighted by Crippen LogP contribution is 2.40. The van der Waals surface area contributed by atoms with Gasteiger partial charge in [0.2, 0.25) is 0 Å². The van der Waals surface area contributed by atoms with Crippen molar-refractivity contribution in [2.75, 3.05) is 6.61 Å². The molecule has 0 aliphatic carbocycles. The maximum atomic E-state index is 5.93. The number of nitrogens with zero attached hydrogens (tertiary/aromatic N) is 1. The maximum Gasteiger partial charge on any atom is 0.145 e. The van der Waals surface area contributed by atoms with Crippen molar-refractivity contribution in [3.63, 3.8) is 0 Å². The molecule has 1 aliphatic heterocycles. The molecule has 2 nitrogen and oxygen atoms in total. The summed E-state index contributed by atoms with van der Waals surface area (Å²) in [6.07, 6.45) is 0.916. The zero-order valence-electron chi connectivity index (χ0n) is 8.17. The Morgan fingerprint density at radius 3 is 3.19 bits per heavy atom. The van der Waals surface area contributed by atoms with Crippen LogP contribution in [0.25, 0.3) is 11.3 Å². The predicted octanol–water partition coefficient (Wildman–Crippen LogP) is 4.16. The zero-order chi connectivity index (χ0) is 11.1. The van der Waals surface area contributed by atoms with Crippen LogP contribution in [-0.4, -0.2) is 11.6 Å². The molecule has 1 aliphatic rings. The molecule has 16 heavy (non-hydrogen) atoms. The molecular formula is C11H7BrClNOS. The lowest BCUT2D eigenvalue weighted by Crippen LogP contribution is -1.97. The van der Waals surface area contributed by atoms with Gasteiger partial charge in [-0.25, -0.2) is 4.98 Å². The van der Waals surface area contributed by atoms with Crippen molar-refractivity contribution in [2.24, 2.45) is 0 Å². The van der Waals surface area contributed by atoms with Crippen LogP contribution in [0.2, 0.25) is 5.15 Å². The van der Waals surface area contributed by atoms with Gasteiger partial charge in [0.1, 0.15) is 16.6 Å². The van der Waals surface area contributed by atoms with Gasteiger partial charge in [-0.05, 0) is 34.1 Å². The Kier molecular flexibility index (Phi) is 2.65. The number of rotatable bonds is 0. The van der Waals surface area contributed by atoms with E-state index in [0.29, 0.717) is 11.8 Å². The Balaban J connectivity index is 2.27. The summed E-state index contributed by atoms with van der Waals surface area (Å²) in [4.78, 5) is 5.65. The standard InChI is InChI=1S/C11H7BrClNOS/c12-9-5-6-8(16-9)3-4-15-7-1-2-10(13)14-11(6)7/h1-2,5H,3-4H2. The van der Waals surface area contributed by atoms with Crippen molar-refractivity contribution in [1.82, 2.24) is 4.98 Å². The lowest BCUT2D eigenvalue weighted by molar-refractivity contribution is 0.326. The SMILES string of the molecule is Clc1ccc2c(n1)-c1cc(Br)sc1CCO2. The summed E-state index contributed by atoms with van der Waals surface area (Å²) < 4.78 is 6.77. The fourth-order valence-electron chi connectivity index (χ4n) is 1.77. The summed E-state index contributed by atoms with van der Waals surface area (Å²) in [5.41, 5.74) is 1.98. The van der Waals surface area contributed by atoms with Gasteiger partial charge in [0.05, 0.1) is 10.4 Å². The minimum atomic E-state index is 0.498. The van der Waals surface area contributed by atoms with Gasteiger partial charge in [0, 0.05) is 16.9 Å². The monoisotopic (exact) mass is 315 g/mol. The Morgan fingerprint density at radius 1 is 1.44 bits per heavy atom. The predicted molar refractivity (Wildman–Crippen MR) is 69.5 cm³/mol. The third kappa shape index (κ3) is 1.75. The van der Waals surface area contributed by atoms with Gasteiger partial charge in [-0.1, -0.05) is 11.6 Å². The van der Waals surface area contributed by atoms with Gasteiger partial charge in [0.15, 0.2) is 0 Å². The van der Waals surface area contributed by atoms with Gasteiger partial charge in [-0.15, -0.1) is 11.3 Å². The number of aromatic nitrogens is 1. The third-order valence-electron chi connectivity index (χ3n) is 2.44. The molecule has 0 bridgehead atoms. The number of pyridine rings is 1. The number of fused-ring (bicyclic) bond motifs is 3. The number of halogens is 2. The van der Waals surface area contributed by atoms with Crippen LogP contribution in [0.3, 0.4) is 0 Å². The van der Waals surface area contributed by atoms with Crippen LogP contribution in [-0.2, 0) is 6.42 Å². The highest BCUT2D eigenvalue weighted by atomic mass is 79.9. The summed E-state index contributed by atoms with van der Waals surface area (Å²) in [7, 11) is 0. The number of ether oxygens (including phenoxy) is 1. The molecule has 3 rings (SSSR count). The van der Waals surface area contributed by atoms with E-state index >= 15 is 0 Å². The molecule has 0 spiro atoms. The maximum absolute atomic E-state index is 5.93. The third-order valence-corrected chi connectivity index (χ3v) is 4.35. The first-order valence-corrected chi connectivity index (χ1v) is 6.81. The van der Waals surface area contributed by atoms with E-state index in [1.54, 1.807) is 17.4 Å². The largest absolute Gasteiger partial charge is 0.491 e. The van der Waals surface area contributed by atoms with E-state index in [9.17, 15) is 0 Å². The summed E-state index contributed by atoms with van der Waals surface area (Å²) in [6, 6.07) is 5.72. The molecule has 0 amide bonds. The van der Waals surface area contributed by atoms with Gasteiger partial charge in [-0.3, -0.25) is 0 Å². The van der Waals surface area contributed by atoms with Crippen molar-refractivity contribution >= 4 is 38.9 Å². The normalized spacial score (nSPS) is 13.6. The lowest BCUT2D eigenvalue weighted by atomic mass is 10.1. The second-order valence-electron chi connectivity index (χ2n) is 3.47. The summed E-state index contributed by atoms with van der Waals surface area (Å²) in [5, 5.41) is 0.498. The van der Waals surface area contributed by atoms with Crippen LogP contribution in [0.15, 0.2) is 22.0 Å².